The summed E-state index contributed by atoms with van der Waals surface area (Å²) in [6.07, 6.45) is 0.531. The smallest absolute Gasteiger partial charge is 0.339 e. The summed E-state index contributed by atoms with van der Waals surface area (Å²) < 4.78 is 0. The Hall–Kier alpha value is -1.48. The molecule has 0 unspecified atom stereocenters. The highest BCUT2D eigenvalue weighted by Crippen LogP contribution is 2.23. The predicted octanol–water partition coefficient (Wildman–Crippen LogP) is 2.32. The summed E-state index contributed by atoms with van der Waals surface area (Å²) >= 11 is 5.73. The van der Waals surface area contributed by atoms with E-state index in [2.05, 4.69) is 0 Å². The standard InChI is InChI=1S/C9H7ClO3/c10-8-4-2-1-3-6(8)7(5-11)9(12)13/h1-5,11H,(H,12,13). The number of hydrogen-bond donors (Lipinski definition) is 2. The second kappa shape index (κ2) is 3.96. The van der Waals surface area contributed by atoms with Crippen LogP contribution < -0.4 is 0 Å². The summed E-state index contributed by atoms with van der Waals surface area (Å²) in [5, 5.41) is 17.6. The fourth-order valence-corrected chi connectivity index (χ4v) is 1.16. The van der Waals surface area contributed by atoms with E-state index in [9.17, 15) is 4.79 Å². The Bertz CT molecular complexity index is 358. The number of rotatable bonds is 2. The fraction of sp³-hybridized carbons (Fsp3) is 0. The normalized spacial score (nSPS) is 11.3. The molecule has 13 heavy (non-hydrogen) atoms. The van der Waals surface area contributed by atoms with E-state index >= 15 is 0 Å². The molecule has 0 spiro atoms. The molecule has 1 aromatic rings. The highest BCUT2D eigenvalue weighted by molar-refractivity contribution is 6.34. The molecule has 0 aliphatic carbocycles. The van der Waals surface area contributed by atoms with Gasteiger partial charge in [-0.05, 0) is 6.07 Å². The van der Waals surface area contributed by atoms with Crippen LogP contribution in [0.25, 0.3) is 5.57 Å². The Morgan fingerprint density at radius 1 is 1.38 bits per heavy atom. The Morgan fingerprint density at radius 3 is 2.46 bits per heavy atom. The molecule has 68 valence electrons. The minimum Gasteiger partial charge on any atom is -0.515 e. The van der Waals surface area contributed by atoms with Crippen molar-refractivity contribution >= 4 is 23.1 Å². The first-order valence-corrected chi connectivity index (χ1v) is 3.87. The van der Waals surface area contributed by atoms with Gasteiger partial charge < -0.3 is 10.2 Å². The van der Waals surface area contributed by atoms with E-state index in [0.717, 1.165) is 0 Å². The lowest BCUT2D eigenvalue weighted by Crippen LogP contribution is -2.00. The average Bonchev–Trinajstić information content (AvgIpc) is 2.09. The van der Waals surface area contributed by atoms with Crippen LogP contribution >= 0.6 is 11.6 Å². The zero-order valence-corrected chi connectivity index (χ0v) is 7.32. The summed E-state index contributed by atoms with van der Waals surface area (Å²) in [6.45, 7) is 0. The summed E-state index contributed by atoms with van der Waals surface area (Å²) in [7, 11) is 0. The van der Waals surface area contributed by atoms with Crippen molar-refractivity contribution < 1.29 is 15.0 Å². The number of carbonyl (C=O) groups is 1. The number of benzene rings is 1. The van der Waals surface area contributed by atoms with Gasteiger partial charge in [-0.25, -0.2) is 4.79 Å². The minimum atomic E-state index is -1.21. The number of carboxylic acid groups (broad SMARTS) is 1. The minimum absolute atomic E-state index is 0.217. The van der Waals surface area contributed by atoms with Gasteiger partial charge in [-0.2, -0.15) is 0 Å². The van der Waals surface area contributed by atoms with Crippen molar-refractivity contribution in [2.24, 2.45) is 0 Å². The molecule has 0 amide bonds. The van der Waals surface area contributed by atoms with Crippen LogP contribution in [0.5, 0.6) is 0 Å². The van der Waals surface area contributed by atoms with Gasteiger partial charge in [-0.1, -0.05) is 29.8 Å². The first kappa shape index (κ1) is 9.61. The van der Waals surface area contributed by atoms with Crippen LogP contribution in [-0.2, 0) is 4.79 Å². The van der Waals surface area contributed by atoms with Crippen molar-refractivity contribution in [2.45, 2.75) is 0 Å². The van der Waals surface area contributed by atoms with Crippen molar-refractivity contribution in [1.29, 1.82) is 0 Å². The van der Waals surface area contributed by atoms with E-state index in [1.54, 1.807) is 18.2 Å². The van der Waals surface area contributed by atoms with Gasteiger partial charge in [0.05, 0.1) is 6.26 Å². The van der Waals surface area contributed by atoms with Crippen LogP contribution in [0.3, 0.4) is 0 Å². The number of halogens is 1. The monoisotopic (exact) mass is 198 g/mol. The number of aliphatic hydroxyl groups is 1. The Labute approximate surface area is 79.9 Å². The van der Waals surface area contributed by atoms with E-state index in [4.69, 9.17) is 21.8 Å². The lowest BCUT2D eigenvalue weighted by Gasteiger charge is -2.02. The average molecular weight is 199 g/mol. The van der Waals surface area contributed by atoms with Crippen molar-refractivity contribution in [2.75, 3.05) is 0 Å². The topological polar surface area (TPSA) is 57.5 Å². The molecule has 1 aromatic carbocycles. The molecule has 0 radical (unpaired) electrons. The van der Waals surface area contributed by atoms with Crippen molar-refractivity contribution in [3.63, 3.8) is 0 Å². The second-order valence-electron chi connectivity index (χ2n) is 2.33. The number of hydrogen-bond acceptors (Lipinski definition) is 2. The molecule has 0 saturated carbocycles. The molecule has 0 aliphatic heterocycles. The SMILES string of the molecule is O=C(O)C(=CO)c1ccccc1Cl. The van der Waals surface area contributed by atoms with E-state index in [-0.39, 0.29) is 5.57 Å². The van der Waals surface area contributed by atoms with Gasteiger partial charge in [0.15, 0.2) is 0 Å². The predicted molar refractivity (Wildman–Crippen MR) is 49.7 cm³/mol. The molecule has 4 heteroatoms. The Kier molecular flexibility index (Phi) is 2.93. The maximum atomic E-state index is 10.6. The lowest BCUT2D eigenvalue weighted by atomic mass is 10.1. The van der Waals surface area contributed by atoms with Crippen LogP contribution in [0.2, 0.25) is 5.02 Å². The fourth-order valence-electron chi connectivity index (χ4n) is 0.920. The first-order chi connectivity index (χ1) is 6.16. The zero-order valence-electron chi connectivity index (χ0n) is 6.57. The zero-order chi connectivity index (χ0) is 9.84. The van der Waals surface area contributed by atoms with Crippen LogP contribution in [0.4, 0.5) is 0 Å². The second-order valence-corrected chi connectivity index (χ2v) is 2.73. The maximum absolute atomic E-state index is 10.6. The van der Waals surface area contributed by atoms with Gasteiger partial charge in [-0.15, -0.1) is 0 Å². The summed E-state index contributed by atoms with van der Waals surface area (Å²) in [5.74, 6) is -1.21. The van der Waals surface area contributed by atoms with Gasteiger partial charge >= 0.3 is 5.97 Å². The molecule has 0 aromatic heterocycles. The molecular formula is C9H7ClO3. The third kappa shape index (κ3) is 2.00. The highest BCUT2D eigenvalue weighted by Gasteiger charge is 2.12. The molecule has 2 N–H and O–H groups in total. The quantitative estimate of drug-likeness (QED) is 0.567. The lowest BCUT2D eigenvalue weighted by molar-refractivity contribution is -0.130. The van der Waals surface area contributed by atoms with Gasteiger partial charge in [0, 0.05) is 10.6 Å². The summed E-state index contributed by atoms with van der Waals surface area (Å²) in [6, 6.07) is 6.41. The third-order valence-electron chi connectivity index (χ3n) is 1.52. The van der Waals surface area contributed by atoms with Crippen LogP contribution in [-0.4, -0.2) is 16.2 Å². The Balaban J connectivity index is 3.21. The van der Waals surface area contributed by atoms with E-state index < -0.39 is 5.97 Å². The van der Waals surface area contributed by atoms with E-state index in [1.807, 2.05) is 0 Å². The van der Waals surface area contributed by atoms with Crippen molar-refractivity contribution in [1.82, 2.24) is 0 Å². The van der Waals surface area contributed by atoms with Crippen molar-refractivity contribution in [3.05, 3.63) is 41.1 Å². The van der Waals surface area contributed by atoms with Gasteiger partial charge in [0.2, 0.25) is 0 Å². The van der Waals surface area contributed by atoms with Crippen LogP contribution in [0.15, 0.2) is 30.5 Å². The number of carboxylic acids is 1. The molecule has 0 saturated heterocycles. The van der Waals surface area contributed by atoms with Gasteiger partial charge in [-0.3, -0.25) is 0 Å². The van der Waals surface area contributed by atoms with Crippen molar-refractivity contribution in [3.8, 4) is 0 Å². The number of aliphatic hydroxyl groups excluding tert-OH is 1. The van der Waals surface area contributed by atoms with Crippen LogP contribution in [0, 0.1) is 0 Å². The number of aliphatic carboxylic acids is 1. The Morgan fingerprint density at radius 2 is 2.00 bits per heavy atom. The summed E-state index contributed by atoms with van der Waals surface area (Å²) in [4.78, 5) is 10.6. The van der Waals surface area contributed by atoms with E-state index in [1.165, 1.54) is 6.07 Å². The summed E-state index contributed by atoms with van der Waals surface area (Å²) in [5.41, 5.74) is 0.0877. The molecule has 0 fully saturated rings. The van der Waals surface area contributed by atoms with Gasteiger partial charge in [0.1, 0.15) is 5.57 Å². The molecule has 1 rings (SSSR count). The first-order valence-electron chi connectivity index (χ1n) is 3.49. The molecule has 3 nitrogen and oxygen atoms in total. The third-order valence-corrected chi connectivity index (χ3v) is 1.85. The molecule has 0 atom stereocenters. The van der Waals surface area contributed by atoms with Gasteiger partial charge in [0.25, 0.3) is 0 Å². The molecule has 0 heterocycles. The highest BCUT2D eigenvalue weighted by atomic mass is 35.5. The maximum Gasteiger partial charge on any atom is 0.339 e. The van der Waals surface area contributed by atoms with Crippen LogP contribution in [0.1, 0.15) is 5.56 Å². The molecular weight excluding hydrogens is 192 g/mol. The molecule has 0 aliphatic rings. The molecule has 0 bridgehead atoms. The largest absolute Gasteiger partial charge is 0.515 e. The van der Waals surface area contributed by atoms with E-state index in [0.29, 0.717) is 16.8 Å².